The maximum Gasteiger partial charge on any atom is 0.299 e. The van der Waals surface area contributed by atoms with E-state index in [9.17, 15) is 20.2 Å². The Morgan fingerprint density at radius 3 is 2.37 bits per heavy atom. The summed E-state index contributed by atoms with van der Waals surface area (Å²) in [5, 5.41) is 24.4. The van der Waals surface area contributed by atoms with E-state index in [-0.39, 0.29) is 23.1 Å². The summed E-state index contributed by atoms with van der Waals surface area (Å²) < 4.78 is 0. The first-order valence-corrected chi connectivity index (χ1v) is 5.66. The molecule has 0 aliphatic rings. The quantitative estimate of drug-likeness (QED) is 0.624. The Balaban J connectivity index is 2.94. The van der Waals surface area contributed by atoms with Crippen molar-refractivity contribution in [2.24, 2.45) is 0 Å². The van der Waals surface area contributed by atoms with Crippen LogP contribution in [0.15, 0.2) is 18.2 Å². The van der Waals surface area contributed by atoms with Gasteiger partial charge in [-0.15, -0.1) is 0 Å². The van der Waals surface area contributed by atoms with Gasteiger partial charge in [0.25, 0.3) is 11.4 Å². The summed E-state index contributed by atoms with van der Waals surface area (Å²) in [5.74, 6) is 0. The van der Waals surface area contributed by atoms with Gasteiger partial charge in [-0.3, -0.25) is 20.2 Å². The van der Waals surface area contributed by atoms with E-state index in [0.717, 1.165) is 6.07 Å². The Hall–Kier alpha value is -2.22. The first-order chi connectivity index (χ1) is 8.82. The van der Waals surface area contributed by atoms with E-state index < -0.39 is 9.85 Å². The van der Waals surface area contributed by atoms with Crippen molar-refractivity contribution in [3.05, 3.63) is 38.4 Å². The summed E-state index contributed by atoms with van der Waals surface area (Å²) in [6.45, 7) is 2.47. The predicted molar refractivity (Wildman–Crippen MR) is 71.4 cm³/mol. The number of hydrogen-bond acceptors (Lipinski definition) is 6. The highest BCUT2D eigenvalue weighted by Gasteiger charge is 2.19. The fourth-order valence-electron chi connectivity index (χ4n) is 1.37. The third kappa shape index (κ3) is 3.88. The Morgan fingerprint density at radius 1 is 1.26 bits per heavy atom. The Labute approximate surface area is 110 Å². The molecule has 0 amide bonds. The van der Waals surface area contributed by atoms with Gasteiger partial charge in [0.15, 0.2) is 0 Å². The van der Waals surface area contributed by atoms with Crippen LogP contribution in [-0.4, -0.2) is 41.4 Å². The van der Waals surface area contributed by atoms with Crippen molar-refractivity contribution in [1.82, 2.24) is 4.90 Å². The lowest BCUT2D eigenvalue weighted by atomic mass is 10.2. The van der Waals surface area contributed by atoms with Crippen LogP contribution >= 0.6 is 0 Å². The number of non-ortho nitro benzene ring substituents is 1. The SMILES string of the molecule is CC(CNc1ccc([N+](=O)[O-])cc1[N+](=O)[O-])N(C)C. The summed E-state index contributed by atoms with van der Waals surface area (Å²) in [7, 11) is 3.80. The van der Waals surface area contributed by atoms with E-state index in [1.54, 1.807) is 0 Å². The topological polar surface area (TPSA) is 102 Å². The summed E-state index contributed by atoms with van der Waals surface area (Å²) in [6, 6.07) is 3.74. The van der Waals surface area contributed by atoms with Crippen LogP contribution in [-0.2, 0) is 0 Å². The van der Waals surface area contributed by atoms with Crippen LogP contribution in [0.1, 0.15) is 6.92 Å². The van der Waals surface area contributed by atoms with Gasteiger partial charge in [0.05, 0.1) is 15.9 Å². The van der Waals surface area contributed by atoms with E-state index in [1.807, 2.05) is 25.9 Å². The molecule has 0 aliphatic carbocycles. The number of benzene rings is 1. The molecule has 8 heteroatoms. The van der Waals surface area contributed by atoms with Gasteiger partial charge in [0, 0.05) is 18.7 Å². The van der Waals surface area contributed by atoms with Gasteiger partial charge < -0.3 is 10.2 Å². The predicted octanol–water partition coefficient (Wildman–Crippen LogP) is 1.86. The minimum Gasteiger partial charge on any atom is -0.378 e. The molecule has 0 heterocycles. The Morgan fingerprint density at radius 2 is 1.89 bits per heavy atom. The summed E-state index contributed by atoms with van der Waals surface area (Å²) in [4.78, 5) is 22.2. The molecule has 0 saturated heterocycles. The van der Waals surface area contributed by atoms with Crippen LogP contribution < -0.4 is 5.32 Å². The number of nitrogens with zero attached hydrogens (tertiary/aromatic N) is 3. The Bertz CT molecular complexity index is 490. The second kappa shape index (κ2) is 6.10. The smallest absolute Gasteiger partial charge is 0.299 e. The lowest BCUT2D eigenvalue weighted by molar-refractivity contribution is -0.393. The van der Waals surface area contributed by atoms with Crippen LogP contribution in [0.2, 0.25) is 0 Å². The third-order valence-corrected chi connectivity index (χ3v) is 2.86. The van der Waals surface area contributed by atoms with Crippen LogP contribution in [0, 0.1) is 20.2 Å². The van der Waals surface area contributed by atoms with Gasteiger partial charge >= 0.3 is 0 Å². The first kappa shape index (κ1) is 14.8. The first-order valence-electron chi connectivity index (χ1n) is 5.66. The highest BCUT2D eigenvalue weighted by molar-refractivity contribution is 5.65. The van der Waals surface area contributed by atoms with E-state index in [2.05, 4.69) is 5.32 Å². The lowest BCUT2D eigenvalue weighted by Gasteiger charge is -2.20. The van der Waals surface area contributed by atoms with Crippen LogP contribution in [0.4, 0.5) is 17.1 Å². The molecule has 8 nitrogen and oxygen atoms in total. The molecule has 0 bridgehead atoms. The molecule has 0 fully saturated rings. The van der Waals surface area contributed by atoms with E-state index in [4.69, 9.17) is 0 Å². The number of hydrogen-bond donors (Lipinski definition) is 1. The average Bonchev–Trinajstić information content (AvgIpc) is 2.35. The highest BCUT2D eigenvalue weighted by atomic mass is 16.6. The van der Waals surface area contributed by atoms with Gasteiger partial charge in [-0.05, 0) is 27.1 Å². The number of likely N-dealkylation sites (N-methyl/N-ethyl adjacent to an activating group) is 1. The number of nitrogens with one attached hydrogen (secondary N) is 1. The highest BCUT2D eigenvalue weighted by Crippen LogP contribution is 2.28. The van der Waals surface area contributed by atoms with Crippen molar-refractivity contribution < 1.29 is 9.85 Å². The molecular weight excluding hydrogens is 252 g/mol. The van der Waals surface area contributed by atoms with E-state index in [1.165, 1.54) is 12.1 Å². The summed E-state index contributed by atoms with van der Waals surface area (Å²) in [5.41, 5.74) is -0.303. The molecule has 1 rings (SSSR count). The number of nitro benzene ring substituents is 2. The summed E-state index contributed by atoms with van der Waals surface area (Å²) >= 11 is 0. The van der Waals surface area contributed by atoms with Crippen LogP contribution in [0.5, 0.6) is 0 Å². The monoisotopic (exact) mass is 268 g/mol. The zero-order chi connectivity index (χ0) is 14.6. The molecule has 1 unspecified atom stereocenters. The molecule has 0 saturated carbocycles. The van der Waals surface area contributed by atoms with Crippen molar-refractivity contribution in [2.45, 2.75) is 13.0 Å². The van der Waals surface area contributed by atoms with Crippen molar-refractivity contribution in [1.29, 1.82) is 0 Å². The minimum atomic E-state index is -0.654. The molecule has 1 aromatic carbocycles. The van der Waals surface area contributed by atoms with Gasteiger partial charge in [0.2, 0.25) is 0 Å². The van der Waals surface area contributed by atoms with Crippen molar-refractivity contribution in [3.63, 3.8) is 0 Å². The molecule has 104 valence electrons. The van der Waals surface area contributed by atoms with Crippen molar-refractivity contribution >= 4 is 17.1 Å². The largest absolute Gasteiger partial charge is 0.378 e. The third-order valence-electron chi connectivity index (χ3n) is 2.86. The maximum atomic E-state index is 10.9. The lowest BCUT2D eigenvalue weighted by Crippen LogP contribution is -2.31. The standard InChI is InChI=1S/C11H16N4O4/c1-8(13(2)3)7-12-10-5-4-9(14(16)17)6-11(10)15(18)19/h4-6,8,12H,7H2,1-3H3. The Kier molecular flexibility index (Phi) is 4.76. The maximum absolute atomic E-state index is 10.9. The zero-order valence-electron chi connectivity index (χ0n) is 11.0. The summed E-state index contributed by atoms with van der Waals surface area (Å²) in [6.07, 6.45) is 0. The van der Waals surface area contributed by atoms with Crippen LogP contribution in [0.3, 0.4) is 0 Å². The van der Waals surface area contributed by atoms with Gasteiger partial charge in [-0.1, -0.05) is 0 Å². The molecule has 1 aromatic rings. The van der Waals surface area contributed by atoms with Gasteiger partial charge in [-0.25, -0.2) is 0 Å². The van der Waals surface area contributed by atoms with Crippen molar-refractivity contribution in [3.8, 4) is 0 Å². The second-order valence-electron chi connectivity index (χ2n) is 4.41. The van der Waals surface area contributed by atoms with Gasteiger partial charge in [0.1, 0.15) is 5.69 Å². The fraction of sp³-hybridized carbons (Fsp3) is 0.455. The van der Waals surface area contributed by atoms with Gasteiger partial charge in [-0.2, -0.15) is 0 Å². The fourth-order valence-corrected chi connectivity index (χ4v) is 1.37. The molecule has 0 radical (unpaired) electrons. The molecule has 0 aliphatic heterocycles. The molecule has 19 heavy (non-hydrogen) atoms. The van der Waals surface area contributed by atoms with Crippen LogP contribution in [0.25, 0.3) is 0 Å². The molecule has 1 N–H and O–H groups in total. The second-order valence-corrected chi connectivity index (χ2v) is 4.41. The molecular formula is C11H16N4O4. The average molecular weight is 268 g/mol. The molecule has 0 spiro atoms. The normalized spacial score (nSPS) is 12.2. The number of anilines is 1. The molecule has 1 atom stereocenters. The number of nitro groups is 2. The zero-order valence-corrected chi connectivity index (χ0v) is 11.0. The molecule has 0 aromatic heterocycles. The minimum absolute atomic E-state index is 0.176. The van der Waals surface area contributed by atoms with Crippen molar-refractivity contribution in [2.75, 3.05) is 26.0 Å². The van der Waals surface area contributed by atoms with E-state index >= 15 is 0 Å². The number of rotatable bonds is 6. The van der Waals surface area contributed by atoms with E-state index in [0.29, 0.717) is 6.54 Å².